The van der Waals surface area contributed by atoms with E-state index in [0.717, 1.165) is 5.56 Å². The third kappa shape index (κ3) is 2.83. The molecule has 0 spiro atoms. The summed E-state index contributed by atoms with van der Waals surface area (Å²) in [5.74, 6) is 0.136. The maximum Gasteiger partial charge on any atom is 0.323 e. The highest BCUT2D eigenvalue weighted by molar-refractivity contribution is 6.17. The topological polar surface area (TPSA) is 77.8 Å². The summed E-state index contributed by atoms with van der Waals surface area (Å²) < 4.78 is 0. The van der Waals surface area contributed by atoms with E-state index in [1.807, 2.05) is 6.07 Å². The molecule has 1 heterocycles. The standard InChI is InChI=1S/C15H12ClN3O2/c16-8-9-2-1-3-10(6-9)14(20)17-11-4-5-12-13(7-11)19-15(21)18-12/h1-7H,8H2,(H,17,20)(H2,18,19,21). The smallest absolute Gasteiger partial charge is 0.322 e. The molecule has 0 aliphatic carbocycles. The summed E-state index contributed by atoms with van der Waals surface area (Å²) in [4.78, 5) is 28.7. The molecule has 0 bridgehead atoms. The van der Waals surface area contributed by atoms with Crippen LogP contribution in [0, 0.1) is 0 Å². The summed E-state index contributed by atoms with van der Waals surface area (Å²) in [6, 6.07) is 12.3. The molecule has 0 saturated carbocycles. The number of hydrogen-bond donors (Lipinski definition) is 3. The number of imidazole rings is 1. The van der Waals surface area contributed by atoms with E-state index in [-0.39, 0.29) is 11.6 Å². The maximum absolute atomic E-state index is 12.2. The van der Waals surface area contributed by atoms with E-state index in [0.29, 0.717) is 28.2 Å². The van der Waals surface area contributed by atoms with Crippen molar-refractivity contribution in [1.29, 1.82) is 0 Å². The molecule has 1 amide bonds. The molecule has 0 fully saturated rings. The SMILES string of the molecule is O=C(Nc1ccc2[nH]c(=O)[nH]c2c1)c1cccc(CCl)c1. The van der Waals surface area contributed by atoms with Gasteiger partial charge in [-0.2, -0.15) is 0 Å². The minimum absolute atomic E-state index is 0.223. The van der Waals surface area contributed by atoms with E-state index in [1.54, 1.807) is 36.4 Å². The second-order valence-electron chi connectivity index (χ2n) is 4.63. The molecule has 0 aliphatic heterocycles. The van der Waals surface area contributed by atoms with Crippen molar-refractivity contribution in [3.63, 3.8) is 0 Å². The van der Waals surface area contributed by atoms with Gasteiger partial charge in [-0.25, -0.2) is 4.79 Å². The molecule has 0 radical (unpaired) electrons. The van der Waals surface area contributed by atoms with Gasteiger partial charge in [0.2, 0.25) is 0 Å². The molecule has 3 aromatic rings. The lowest BCUT2D eigenvalue weighted by Crippen LogP contribution is -2.12. The Kier molecular flexibility index (Phi) is 3.50. The Labute approximate surface area is 125 Å². The molecule has 0 atom stereocenters. The van der Waals surface area contributed by atoms with Gasteiger partial charge in [0.25, 0.3) is 5.91 Å². The molecule has 21 heavy (non-hydrogen) atoms. The van der Waals surface area contributed by atoms with Gasteiger partial charge in [0.05, 0.1) is 11.0 Å². The number of carbonyl (C=O) groups is 1. The van der Waals surface area contributed by atoms with E-state index in [9.17, 15) is 9.59 Å². The van der Waals surface area contributed by atoms with Crippen LogP contribution in [0.5, 0.6) is 0 Å². The van der Waals surface area contributed by atoms with Gasteiger partial charge < -0.3 is 15.3 Å². The van der Waals surface area contributed by atoms with Crippen molar-refractivity contribution in [3.05, 3.63) is 64.1 Å². The average Bonchev–Trinajstić information content (AvgIpc) is 2.86. The molecule has 1 aromatic heterocycles. The fourth-order valence-corrected chi connectivity index (χ4v) is 2.28. The number of alkyl halides is 1. The molecule has 6 heteroatoms. The highest BCUT2D eigenvalue weighted by atomic mass is 35.5. The van der Waals surface area contributed by atoms with Crippen molar-refractivity contribution in [2.75, 3.05) is 5.32 Å². The largest absolute Gasteiger partial charge is 0.323 e. The van der Waals surface area contributed by atoms with Crippen LogP contribution in [0.4, 0.5) is 5.69 Å². The van der Waals surface area contributed by atoms with Crippen molar-refractivity contribution in [3.8, 4) is 0 Å². The van der Waals surface area contributed by atoms with Crippen LogP contribution in [0.25, 0.3) is 11.0 Å². The zero-order valence-electron chi connectivity index (χ0n) is 10.9. The van der Waals surface area contributed by atoms with Gasteiger partial charge in [0.15, 0.2) is 0 Å². The first-order valence-corrected chi connectivity index (χ1v) is 6.87. The van der Waals surface area contributed by atoms with Gasteiger partial charge in [-0.05, 0) is 35.9 Å². The van der Waals surface area contributed by atoms with E-state index in [2.05, 4.69) is 15.3 Å². The number of nitrogens with one attached hydrogen (secondary N) is 3. The monoisotopic (exact) mass is 301 g/mol. The first-order chi connectivity index (χ1) is 10.2. The minimum atomic E-state index is -0.275. The van der Waals surface area contributed by atoms with Crippen LogP contribution in [-0.4, -0.2) is 15.9 Å². The zero-order valence-corrected chi connectivity index (χ0v) is 11.7. The summed E-state index contributed by atoms with van der Waals surface area (Å²) in [6.07, 6.45) is 0. The van der Waals surface area contributed by atoms with Gasteiger partial charge in [0.1, 0.15) is 0 Å². The highest BCUT2D eigenvalue weighted by Crippen LogP contribution is 2.16. The van der Waals surface area contributed by atoms with Crippen molar-refractivity contribution in [1.82, 2.24) is 9.97 Å². The Morgan fingerprint density at radius 3 is 2.71 bits per heavy atom. The maximum atomic E-state index is 12.2. The summed E-state index contributed by atoms with van der Waals surface area (Å²) in [5.41, 5.74) is 3.10. The van der Waals surface area contributed by atoms with Crippen LogP contribution in [-0.2, 0) is 5.88 Å². The second kappa shape index (κ2) is 5.46. The summed E-state index contributed by atoms with van der Waals surface area (Å²) >= 11 is 5.76. The lowest BCUT2D eigenvalue weighted by molar-refractivity contribution is 0.102. The number of anilines is 1. The number of carbonyl (C=O) groups excluding carboxylic acids is 1. The first-order valence-electron chi connectivity index (χ1n) is 6.34. The van der Waals surface area contributed by atoms with Gasteiger partial charge in [-0.1, -0.05) is 12.1 Å². The van der Waals surface area contributed by atoms with Gasteiger partial charge in [-0.15, -0.1) is 11.6 Å². The molecule has 106 valence electrons. The fraction of sp³-hybridized carbons (Fsp3) is 0.0667. The summed E-state index contributed by atoms with van der Waals surface area (Å²) in [5, 5.41) is 2.79. The Bertz CT molecular complexity index is 866. The fourth-order valence-electron chi connectivity index (χ4n) is 2.11. The van der Waals surface area contributed by atoms with Gasteiger partial charge in [-0.3, -0.25) is 4.79 Å². The van der Waals surface area contributed by atoms with Crippen LogP contribution in [0.2, 0.25) is 0 Å². The van der Waals surface area contributed by atoms with Crippen LogP contribution >= 0.6 is 11.6 Å². The van der Waals surface area contributed by atoms with Crippen molar-refractivity contribution in [2.24, 2.45) is 0 Å². The molecule has 3 rings (SSSR count). The van der Waals surface area contributed by atoms with Gasteiger partial charge in [0, 0.05) is 17.1 Å². The molecule has 0 unspecified atom stereocenters. The predicted molar refractivity (Wildman–Crippen MR) is 82.9 cm³/mol. The van der Waals surface area contributed by atoms with E-state index >= 15 is 0 Å². The summed E-state index contributed by atoms with van der Waals surface area (Å²) in [7, 11) is 0. The molecule has 0 aliphatic rings. The Hall–Kier alpha value is -2.53. The minimum Gasteiger partial charge on any atom is -0.322 e. The summed E-state index contributed by atoms with van der Waals surface area (Å²) in [6.45, 7) is 0. The quantitative estimate of drug-likeness (QED) is 0.650. The number of H-pyrrole nitrogens is 2. The number of rotatable bonds is 3. The first kappa shape index (κ1) is 13.5. The number of halogens is 1. The number of fused-ring (bicyclic) bond motifs is 1. The van der Waals surface area contributed by atoms with E-state index in [4.69, 9.17) is 11.6 Å². The number of aromatic amines is 2. The lowest BCUT2D eigenvalue weighted by Gasteiger charge is -2.06. The Balaban J connectivity index is 1.86. The predicted octanol–water partition coefficient (Wildman–Crippen LogP) is 2.85. The second-order valence-corrected chi connectivity index (χ2v) is 4.89. The third-order valence-electron chi connectivity index (χ3n) is 3.12. The Morgan fingerprint density at radius 1 is 1.10 bits per heavy atom. The molecular formula is C15H12ClN3O2. The number of benzene rings is 2. The van der Waals surface area contributed by atoms with Crippen molar-refractivity contribution >= 4 is 34.2 Å². The molecule has 3 N–H and O–H groups in total. The molecule has 5 nitrogen and oxygen atoms in total. The van der Waals surface area contributed by atoms with Crippen LogP contribution < -0.4 is 11.0 Å². The van der Waals surface area contributed by atoms with Gasteiger partial charge >= 0.3 is 5.69 Å². The number of aromatic nitrogens is 2. The van der Waals surface area contributed by atoms with Crippen molar-refractivity contribution in [2.45, 2.75) is 5.88 Å². The molecule has 0 saturated heterocycles. The van der Waals surface area contributed by atoms with E-state index < -0.39 is 0 Å². The van der Waals surface area contributed by atoms with E-state index in [1.165, 1.54) is 0 Å². The van der Waals surface area contributed by atoms with Crippen LogP contribution in [0.3, 0.4) is 0 Å². The third-order valence-corrected chi connectivity index (χ3v) is 3.43. The van der Waals surface area contributed by atoms with Crippen LogP contribution in [0.1, 0.15) is 15.9 Å². The highest BCUT2D eigenvalue weighted by Gasteiger charge is 2.07. The Morgan fingerprint density at radius 2 is 1.90 bits per heavy atom. The number of amides is 1. The number of hydrogen-bond acceptors (Lipinski definition) is 2. The van der Waals surface area contributed by atoms with Crippen LogP contribution in [0.15, 0.2) is 47.3 Å². The lowest BCUT2D eigenvalue weighted by atomic mass is 10.1. The molecule has 2 aromatic carbocycles. The zero-order chi connectivity index (χ0) is 14.8. The van der Waals surface area contributed by atoms with Crippen molar-refractivity contribution < 1.29 is 4.79 Å². The molecular weight excluding hydrogens is 290 g/mol. The average molecular weight is 302 g/mol. The normalized spacial score (nSPS) is 10.7.